The maximum absolute atomic E-state index is 12.2. The van der Waals surface area contributed by atoms with E-state index in [1.54, 1.807) is 18.5 Å². The molecule has 0 unspecified atom stereocenters. The van der Waals surface area contributed by atoms with E-state index in [2.05, 4.69) is 17.3 Å². The molecule has 132 valence electrons. The van der Waals surface area contributed by atoms with Crippen LogP contribution in [0.3, 0.4) is 0 Å². The minimum absolute atomic E-state index is 0.000444. The maximum Gasteiger partial charge on any atom is 0.312 e. The summed E-state index contributed by atoms with van der Waals surface area (Å²) in [5.41, 5.74) is 0.950. The second kappa shape index (κ2) is 6.53. The highest BCUT2D eigenvalue weighted by Gasteiger charge is 2.42. The Hall–Kier alpha value is -1.92. The molecule has 2 aliphatic rings. The number of carbonyl (C=O) groups excluding carboxylic acids is 1. The molecule has 1 N–H and O–H groups in total. The number of nitrogens with zero attached hydrogens (tertiary/aromatic N) is 3. The molecule has 0 radical (unpaired) electrons. The fraction of sp³-hybridized carbons (Fsp3) is 0.765. The molecule has 3 rings (SSSR count). The van der Waals surface area contributed by atoms with Crippen LogP contribution in [0, 0.1) is 41.7 Å². The molecule has 2 fully saturated rings. The van der Waals surface area contributed by atoms with Crippen LogP contribution >= 0.6 is 0 Å². The number of rotatable bonds is 6. The Morgan fingerprint density at radius 2 is 2.17 bits per heavy atom. The molecular weight excluding hydrogens is 308 g/mol. The number of hydrogen-bond donors (Lipinski definition) is 1. The summed E-state index contributed by atoms with van der Waals surface area (Å²) in [6.45, 7) is 5.78. The van der Waals surface area contributed by atoms with Crippen LogP contribution in [0.2, 0.25) is 0 Å². The lowest BCUT2D eigenvalue weighted by Crippen LogP contribution is -2.40. The lowest BCUT2D eigenvalue weighted by atomic mass is 9.84. The van der Waals surface area contributed by atoms with Gasteiger partial charge in [-0.05, 0) is 57.8 Å². The molecule has 24 heavy (non-hydrogen) atoms. The third-order valence-corrected chi connectivity index (χ3v) is 5.90. The number of carbonyl (C=O) groups is 1. The van der Waals surface area contributed by atoms with Crippen LogP contribution in [0.15, 0.2) is 0 Å². The average molecular weight is 334 g/mol. The first kappa shape index (κ1) is 16.9. The first-order valence-electron chi connectivity index (χ1n) is 8.84. The monoisotopic (exact) mass is 334 g/mol. The number of aryl methyl sites for hydroxylation is 2. The van der Waals surface area contributed by atoms with Crippen molar-refractivity contribution in [2.75, 3.05) is 0 Å². The van der Waals surface area contributed by atoms with Crippen LogP contribution < -0.4 is 5.32 Å². The molecule has 7 nitrogen and oxygen atoms in total. The molecule has 0 aromatic carbocycles. The average Bonchev–Trinajstić information content (AvgIpc) is 3.19. The molecule has 1 amide bonds. The van der Waals surface area contributed by atoms with Gasteiger partial charge in [-0.25, -0.2) is 0 Å². The standard InChI is InChI=1S/C17H26N4O3/c1-10(15-9-13-4-5-14(15)8-13)18-16(22)6-7-20-12(3)17(21(23)24)11(2)19-20/h10,13-15H,4-9H2,1-3H3,(H,18,22)/t10-,13-,14-,15+/m0/s1. The molecule has 0 saturated heterocycles. The molecule has 1 heterocycles. The van der Waals surface area contributed by atoms with E-state index in [1.807, 2.05) is 0 Å². The van der Waals surface area contributed by atoms with Gasteiger partial charge in [-0.3, -0.25) is 19.6 Å². The SMILES string of the molecule is Cc1nn(CCC(=O)N[C@@H](C)[C@H]2C[C@H]3CC[C@H]2C3)c(C)c1[N+](=O)[O-]. The van der Waals surface area contributed by atoms with Gasteiger partial charge in [-0.1, -0.05) is 6.42 Å². The fourth-order valence-corrected chi connectivity index (χ4v) is 4.72. The zero-order valence-corrected chi connectivity index (χ0v) is 14.6. The summed E-state index contributed by atoms with van der Waals surface area (Å²) < 4.78 is 1.56. The van der Waals surface area contributed by atoms with Gasteiger partial charge in [0.15, 0.2) is 0 Å². The summed E-state index contributed by atoms with van der Waals surface area (Å²) in [6.07, 6.45) is 5.55. The van der Waals surface area contributed by atoms with Gasteiger partial charge in [0.2, 0.25) is 5.91 Å². The van der Waals surface area contributed by atoms with Crippen molar-refractivity contribution in [3.8, 4) is 0 Å². The minimum Gasteiger partial charge on any atom is -0.353 e. The van der Waals surface area contributed by atoms with Crippen LogP contribution in [0.4, 0.5) is 5.69 Å². The highest BCUT2D eigenvalue weighted by molar-refractivity contribution is 5.76. The van der Waals surface area contributed by atoms with Crippen LogP contribution in [-0.2, 0) is 11.3 Å². The lowest BCUT2D eigenvalue weighted by Gasteiger charge is -2.28. The van der Waals surface area contributed by atoms with Crippen molar-refractivity contribution >= 4 is 11.6 Å². The smallest absolute Gasteiger partial charge is 0.312 e. The molecule has 7 heteroatoms. The summed E-state index contributed by atoms with van der Waals surface area (Å²) in [6, 6.07) is 0.211. The van der Waals surface area contributed by atoms with E-state index >= 15 is 0 Å². The second-order valence-electron chi connectivity index (χ2n) is 7.44. The minimum atomic E-state index is -0.411. The molecule has 2 aliphatic carbocycles. The highest BCUT2D eigenvalue weighted by atomic mass is 16.6. The summed E-state index contributed by atoms with van der Waals surface area (Å²) in [5.74, 6) is 2.27. The zero-order chi connectivity index (χ0) is 17.4. The van der Waals surface area contributed by atoms with E-state index in [0.29, 0.717) is 30.3 Å². The Morgan fingerprint density at radius 1 is 1.42 bits per heavy atom. The number of nitrogens with one attached hydrogen (secondary N) is 1. The van der Waals surface area contributed by atoms with Crippen molar-refractivity contribution in [1.82, 2.24) is 15.1 Å². The van der Waals surface area contributed by atoms with E-state index in [9.17, 15) is 14.9 Å². The Balaban J connectivity index is 1.53. The zero-order valence-electron chi connectivity index (χ0n) is 14.6. The van der Waals surface area contributed by atoms with Gasteiger partial charge in [-0.15, -0.1) is 0 Å². The van der Waals surface area contributed by atoms with Crippen molar-refractivity contribution in [2.24, 2.45) is 17.8 Å². The van der Waals surface area contributed by atoms with Gasteiger partial charge in [-0.2, -0.15) is 5.10 Å². The van der Waals surface area contributed by atoms with E-state index in [4.69, 9.17) is 0 Å². The van der Waals surface area contributed by atoms with Gasteiger partial charge < -0.3 is 5.32 Å². The largest absolute Gasteiger partial charge is 0.353 e. The Kier molecular flexibility index (Phi) is 4.60. The van der Waals surface area contributed by atoms with Gasteiger partial charge in [0.1, 0.15) is 11.4 Å². The molecular formula is C17H26N4O3. The van der Waals surface area contributed by atoms with E-state index in [-0.39, 0.29) is 17.6 Å². The quantitative estimate of drug-likeness (QED) is 0.640. The second-order valence-corrected chi connectivity index (χ2v) is 7.44. The predicted molar refractivity (Wildman–Crippen MR) is 89.5 cm³/mol. The van der Waals surface area contributed by atoms with E-state index in [1.165, 1.54) is 25.7 Å². The van der Waals surface area contributed by atoms with Gasteiger partial charge in [0.05, 0.1) is 11.5 Å². The highest BCUT2D eigenvalue weighted by Crippen LogP contribution is 2.49. The Bertz CT molecular complexity index is 655. The summed E-state index contributed by atoms with van der Waals surface area (Å²) in [4.78, 5) is 22.9. The van der Waals surface area contributed by atoms with Crippen LogP contribution in [0.1, 0.15) is 50.4 Å². The Morgan fingerprint density at radius 3 is 2.71 bits per heavy atom. The van der Waals surface area contributed by atoms with Gasteiger partial charge in [0.25, 0.3) is 0 Å². The number of amides is 1. The molecule has 4 atom stereocenters. The first-order valence-corrected chi connectivity index (χ1v) is 8.84. The lowest BCUT2D eigenvalue weighted by molar-refractivity contribution is -0.386. The topological polar surface area (TPSA) is 90.1 Å². The first-order chi connectivity index (χ1) is 11.4. The third kappa shape index (κ3) is 3.16. The van der Waals surface area contributed by atoms with Crippen molar-refractivity contribution < 1.29 is 9.72 Å². The van der Waals surface area contributed by atoms with Gasteiger partial charge >= 0.3 is 5.69 Å². The molecule has 0 aliphatic heterocycles. The maximum atomic E-state index is 12.2. The van der Waals surface area contributed by atoms with Crippen molar-refractivity contribution in [2.45, 2.75) is 65.5 Å². The molecule has 1 aromatic heterocycles. The van der Waals surface area contributed by atoms with E-state index in [0.717, 1.165) is 11.8 Å². The van der Waals surface area contributed by atoms with E-state index < -0.39 is 4.92 Å². The Labute approximate surface area is 142 Å². The molecule has 2 saturated carbocycles. The van der Waals surface area contributed by atoms with Crippen LogP contribution in [-0.4, -0.2) is 26.7 Å². The van der Waals surface area contributed by atoms with Crippen LogP contribution in [0.5, 0.6) is 0 Å². The van der Waals surface area contributed by atoms with Crippen molar-refractivity contribution in [3.63, 3.8) is 0 Å². The number of hydrogen-bond acceptors (Lipinski definition) is 4. The number of aromatic nitrogens is 2. The molecule has 0 spiro atoms. The summed E-state index contributed by atoms with van der Waals surface area (Å²) in [7, 11) is 0. The van der Waals surface area contributed by atoms with Crippen LogP contribution in [0.25, 0.3) is 0 Å². The fourth-order valence-electron chi connectivity index (χ4n) is 4.72. The summed E-state index contributed by atoms with van der Waals surface area (Å²) in [5, 5.41) is 18.3. The van der Waals surface area contributed by atoms with Gasteiger partial charge in [0, 0.05) is 12.5 Å². The van der Waals surface area contributed by atoms with Crippen molar-refractivity contribution in [1.29, 1.82) is 0 Å². The third-order valence-electron chi connectivity index (χ3n) is 5.90. The van der Waals surface area contributed by atoms with Crippen molar-refractivity contribution in [3.05, 3.63) is 21.5 Å². The molecule has 2 bridgehead atoms. The number of nitro groups is 1. The normalized spacial score (nSPS) is 26.5. The number of fused-ring (bicyclic) bond motifs is 2. The summed E-state index contributed by atoms with van der Waals surface area (Å²) >= 11 is 0. The predicted octanol–water partition coefficient (Wildman–Crippen LogP) is 2.74. The molecule has 1 aromatic rings.